The van der Waals surface area contributed by atoms with Gasteiger partial charge in [0.1, 0.15) is 9.88 Å². The molecule has 0 amide bonds. The largest absolute Gasteiger partial charge is 0.477 e. The number of hydrogen-bond acceptors (Lipinski definition) is 4. The smallest absolute Gasteiger partial charge is 0.347 e. The summed E-state index contributed by atoms with van der Waals surface area (Å²) in [5.74, 6) is 0.0100. The number of carbonyl (C=O) groups is 1. The standard InChI is InChI=1S/C11H15NO2S2/c1-7-10(11(13)14)16-9(12-7)6-15-8-4-2-3-5-8/h8H,2-6H2,1H3,(H,13,14). The van der Waals surface area contributed by atoms with Crippen molar-refractivity contribution in [2.75, 3.05) is 0 Å². The molecule has 0 bridgehead atoms. The fourth-order valence-electron chi connectivity index (χ4n) is 1.96. The number of aromatic nitrogens is 1. The lowest BCUT2D eigenvalue weighted by atomic mass is 10.4. The molecule has 1 heterocycles. The summed E-state index contributed by atoms with van der Waals surface area (Å²) in [5.41, 5.74) is 0.652. The molecule has 1 N–H and O–H groups in total. The van der Waals surface area contributed by atoms with Crippen LogP contribution in [-0.4, -0.2) is 21.3 Å². The zero-order chi connectivity index (χ0) is 11.5. The van der Waals surface area contributed by atoms with Gasteiger partial charge in [0.05, 0.1) is 5.69 Å². The highest BCUT2D eigenvalue weighted by molar-refractivity contribution is 7.99. The van der Waals surface area contributed by atoms with E-state index in [9.17, 15) is 4.79 Å². The summed E-state index contributed by atoms with van der Waals surface area (Å²) < 4.78 is 0. The molecule has 0 aliphatic heterocycles. The predicted molar refractivity (Wildman–Crippen MR) is 67.4 cm³/mol. The van der Waals surface area contributed by atoms with E-state index in [1.165, 1.54) is 37.0 Å². The summed E-state index contributed by atoms with van der Waals surface area (Å²) >= 11 is 3.25. The first kappa shape index (κ1) is 11.9. The van der Waals surface area contributed by atoms with Crippen LogP contribution in [0.3, 0.4) is 0 Å². The second-order valence-electron chi connectivity index (χ2n) is 4.04. The maximum absolute atomic E-state index is 10.9. The van der Waals surface area contributed by atoms with E-state index in [0.717, 1.165) is 16.0 Å². The van der Waals surface area contributed by atoms with Gasteiger partial charge in [0.2, 0.25) is 0 Å². The van der Waals surface area contributed by atoms with Crippen LogP contribution in [0.1, 0.15) is 46.1 Å². The Kier molecular flexibility index (Phi) is 3.86. The quantitative estimate of drug-likeness (QED) is 0.899. The Morgan fingerprint density at radius 3 is 2.81 bits per heavy atom. The minimum absolute atomic E-state index is 0.391. The van der Waals surface area contributed by atoms with E-state index in [1.54, 1.807) is 6.92 Å². The number of carboxylic acids is 1. The Balaban J connectivity index is 1.94. The number of hydrogen-bond donors (Lipinski definition) is 1. The molecule has 1 aromatic heterocycles. The highest BCUT2D eigenvalue weighted by Gasteiger charge is 2.18. The van der Waals surface area contributed by atoms with Crippen LogP contribution in [0, 0.1) is 6.92 Å². The normalized spacial score (nSPS) is 16.8. The number of carboxylic acid groups (broad SMARTS) is 1. The van der Waals surface area contributed by atoms with E-state index in [-0.39, 0.29) is 0 Å². The predicted octanol–water partition coefficient (Wildman–Crippen LogP) is 3.33. The number of aryl methyl sites for hydroxylation is 1. The second kappa shape index (κ2) is 5.19. The van der Waals surface area contributed by atoms with Crippen LogP contribution in [0.5, 0.6) is 0 Å². The molecule has 1 saturated carbocycles. The van der Waals surface area contributed by atoms with Gasteiger partial charge in [0.25, 0.3) is 0 Å². The van der Waals surface area contributed by atoms with Crippen LogP contribution >= 0.6 is 23.1 Å². The van der Waals surface area contributed by atoms with Crippen LogP contribution in [-0.2, 0) is 5.75 Å². The fourth-order valence-corrected chi connectivity index (χ4v) is 4.20. The molecule has 1 aliphatic carbocycles. The number of nitrogens with zero attached hydrogens (tertiary/aromatic N) is 1. The molecule has 3 nitrogen and oxygen atoms in total. The average Bonchev–Trinajstić information content (AvgIpc) is 2.83. The molecular formula is C11H15NO2S2. The molecule has 0 aromatic carbocycles. The summed E-state index contributed by atoms with van der Waals surface area (Å²) in [6.45, 7) is 1.77. The van der Waals surface area contributed by atoms with E-state index < -0.39 is 5.97 Å². The van der Waals surface area contributed by atoms with Crippen LogP contribution in [0.4, 0.5) is 0 Å². The topological polar surface area (TPSA) is 50.2 Å². The molecule has 1 aliphatic rings. The third-order valence-corrected chi connectivity index (χ3v) is 5.49. The van der Waals surface area contributed by atoms with Gasteiger partial charge in [-0.3, -0.25) is 0 Å². The Labute approximate surface area is 103 Å². The van der Waals surface area contributed by atoms with Crippen molar-refractivity contribution in [3.8, 4) is 0 Å². The van der Waals surface area contributed by atoms with Gasteiger partial charge in [0, 0.05) is 11.0 Å². The molecule has 0 spiro atoms. The van der Waals surface area contributed by atoms with Gasteiger partial charge in [-0.2, -0.15) is 11.8 Å². The summed E-state index contributed by atoms with van der Waals surface area (Å²) in [6.07, 6.45) is 5.30. The van der Waals surface area contributed by atoms with Crippen molar-refractivity contribution in [2.45, 2.75) is 43.6 Å². The van der Waals surface area contributed by atoms with E-state index in [4.69, 9.17) is 5.11 Å². The van der Waals surface area contributed by atoms with Gasteiger partial charge in [-0.15, -0.1) is 11.3 Å². The lowest BCUT2D eigenvalue weighted by Crippen LogP contribution is -1.94. The van der Waals surface area contributed by atoms with Crippen LogP contribution in [0.15, 0.2) is 0 Å². The van der Waals surface area contributed by atoms with Gasteiger partial charge in [0.15, 0.2) is 0 Å². The Hall–Kier alpha value is -0.550. The van der Waals surface area contributed by atoms with Gasteiger partial charge in [-0.1, -0.05) is 12.8 Å². The molecule has 88 valence electrons. The van der Waals surface area contributed by atoms with Crippen molar-refractivity contribution < 1.29 is 9.90 Å². The third kappa shape index (κ3) is 2.77. The van der Waals surface area contributed by atoms with Crippen LogP contribution in [0.25, 0.3) is 0 Å². The highest BCUT2D eigenvalue weighted by atomic mass is 32.2. The number of thiazole rings is 1. The molecular weight excluding hydrogens is 242 g/mol. The third-order valence-electron chi connectivity index (χ3n) is 2.78. The van der Waals surface area contributed by atoms with E-state index in [0.29, 0.717) is 10.6 Å². The number of rotatable bonds is 4. The first-order chi connectivity index (χ1) is 7.66. The minimum atomic E-state index is -0.855. The van der Waals surface area contributed by atoms with Crippen molar-refractivity contribution in [3.63, 3.8) is 0 Å². The molecule has 1 aromatic rings. The van der Waals surface area contributed by atoms with Gasteiger partial charge in [-0.25, -0.2) is 9.78 Å². The second-order valence-corrected chi connectivity index (χ2v) is 6.42. The maximum Gasteiger partial charge on any atom is 0.347 e. The summed E-state index contributed by atoms with van der Waals surface area (Å²) in [4.78, 5) is 15.6. The summed E-state index contributed by atoms with van der Waals surface area (Å²) in [7, 11) is 0. The molecule has 1 fully saturated rings. The molecule has 16 heavy (non-hydrogen) atoms. The van der Waals surface area contributed by atoms with Crippen molar-refractivity contribution >= 4 is 29.1 Å². The van der Waals surface area contributed by atoms with Crippen molar-refractivity contribution in [1.82, 2.24) is 4.98 Å². The molecule has 2 rings (SSSR count). The van der Waals surface area contributed by atoms with Crippen LogP contribution in [0.2, 0.25) is 0 Å². The van der Waals surface area contributed by atoms with Crippen molar-refractivity contribution in [1.29, 1.82) is 0 Å². The van der Waals surface area contributed by atoms with Crippen molar-refractivity contribution in [3.05, 3.63) is 15.6 Å². The molecule has 0 unspecified atom stereocenters. The molecule has 0 atom stereocenters. The molecule has 0 saturated heterocycles. The SMILES string of the molecule is Cc1nc(CSC2CCCC2)sc1C(=O)O. The Morgan fingerprint density at radius 2 is 2.25 bits per heavy atom. The zero-order valence-electron chi connectivity index (χ0n) is 9.23. The monoisotopic (exact) mass is 257 g/mol. The molecule has 5 heteroatoms. The summed E-state index contributed by atoms with van der Waals surface area (Å²) in [5, 5.41) is 10.6. The minimum Gasteiger partial charge on any atom is -0.477 e. The summed E-state index contributed by atoms with van der Waals surface area (Å²) in [6, 6.07) is 0. The van der Waals surface area contributed by atoms with Gasteiger partial charge < -0.3 is 5.11 Å². The van der Waals surface area contributed by atoms with Gasteiger partial charge in [-0.05, 0) is 19.8 Å². The van der Waals surface area contributed by atoms with E-state index in [1.807, 2.05) is 11.8 Å². The first-order valence-electron chi connectivity index (χ1n) is 5.48. The Bertz CT molecular complexity index is 383. The molecule has 0 radical (unpaired) electrons. The average molecular weight is 257 g/mol. The number of thioether (sulfide) groups is 1. The zero-order valence-corrected chi connectivity index (χ0v) is 10.9. The van der Waals surface area contributed by atoms with E-state index in [2.05, 4.69) is 4.98 Å². The highest BCUT2D eigenvalue weighted by Crippen LogP contribution is 2.32. The Morgan fingerprint density at radius 1 is 1.56 bits per heavy atom. The maximum atomic E-state index is 10.9. The van der Waals surface area contributed by atoms with Crippen molar-refractivity contribution in [2.24, 2.45) is 0 Å². The number of aromatic carboxylic acids is 1. The fraction of sp³-hybridized carbons (Fsp3) is 0.636. The lowest BCUT2D eigenvalue weighted by molar-refractivity contribution is 0.0701. The van der Waals surface area contributed by atoms with Crippen LogP contribution < -0.4 is 0 Å². The first-order valence-corrected chi connectivity index (χ1v) is 7.34. The van der Waals surface area contributed by atoms with E-state index >= 15 is 0 Å². The van der Waals surface area contributed by atoms with Gasteiger partial charge >= 0.3 is 5.97 Å². The lowest BCUT2D eigenvalue weighted by Gasteiger charge is -2.05.